The normalized spacial score (nSPS) is 25.3. The van der Waals surface area contributed by atoms with Gasteiger partial charge in [-0.15, -0.1) is 0 Å². The van der Waals surface area contributed by atoms with E-state index in [1.165, 1.54) is 19.2 Å². The quantitative estimate of drug-likeness (QED) is 0.847. The number of nitrogens with one attached hydrogen (secondary N) is 1. The van der Waals surface area contributed by atoms with Crippen molar-refractivity contribution in [1.82, 2.24) is 15.1 Å². The molecule has 0 aliphatic heterocycles. The Morgan fingerprint density at radius 3 is 2.76 bits per heavy atom. The fourth-order valence-corrected chi connectivity index (χ4v) is 2.68. The molecule has 1 saturated carbocycles. The summed E-state index contributed by atoms with van der Waals surface area (Å²) in [4.78, 5) is 35.0. The summed E-state index contributed by atoms with van der Waals surface area (Å²) in [6, 6.07) is 2.17. The van der Waals surface area contributed by atoms with Crippen LogP contribution in [0.25, 0.3) is 0 Å². The molecule has 1 heterocycles. The van der Waals surface area contributed by atoms with E-state index in [1.54, 1.807) is 6.92 Å². The maximum Gasteiger partial charge on any atom is 0.311 e. The summed E-state index contributed by atoms with van der Waals surface area (Å²) in [5.41, 5.74) is -1.16. The lowest BCUT2D eigenvalue weighted by Crippen LogP contribution is -2.52. The fraction of sp³-hybridized carbons (Fsp3) is 0.571. The van der Waals surface area contributed by atoms with Crippen LogP contribution in [-0.2, 0) is 11.8 Å². The van der Waals surface area contributed by atoms with E-state index in [9.17, 15) is 19.5 Å². The third-order valence-corrected chi connectivity index (χ3v) is 4.19. The zero-order chi connectivity index (χ0) is 15.6. The van der Waals surface area contributed by atoms with E-state index >= 15 is 0 Å². The number of carbonyl (C=O) groups is 2. The van der Waals surface area contributed by atoms with Crippen LogP contribution in [0.2, 0.25) is 0 Å². The summed E-state index contributed by atoms with van der Waals surface area (Å²) in [6.07, 6.45) is 2.88. The van der Waals surface area contributed by atoms with Gasteiger partial charge in [-0.2, -0.15) is 5.10 Å². The maximum absolute atomic E-state index is 12.2. The molecule has 1 aromatic rings. The van der Waals surface area contributed by atoms with E-state index in [0.717, 1.165) is 17.5 Å². The summed E-state index contributed by atoms with van der Waals surface area (Å²) in [5, 5.41) is 16.1. The highest BCUT2D eigenvalue weighted by Gasteiger charge is 2.44. The van der Waals surface area contributed by atoms with Gasteiger partial charge in [0, 0.05) is 19.2 Å². The number of carboxylic acids is 1. The number of hydrogen-bond acceptors (Lipinski definition) is 4. The molecule has 7 heteroatoms. The molecular formula is C14H19N3O4. The molecule has 0 radical (unpaired) electrons. The van der Waals surface area contributed by atoms with E-state index in [2.05, 4.69) is 10.4 Å². The van der Waals surface area contributed by atoms with Gasteiger partial charge < -0.3 is 10.4 Å². The molecule has 0 saturated heterocycles. The minimum atomic E-state index is -0.964. The van der Waals surface area contributed by atoms with Crippen LogP contribution in [0.4, 0.5) is 0 Å². The highest BCUT2D eigenvalue weighted by molar-refractivity contribution is 5.92. The van der Waals surface area contributed by atoms with Crippen molar-refractivity contribution >= 4 is 11.9 Å². The van der Waals surface area contributed by atoms with Gasteiger partial charge in [0.1, 0.15) is 5.69 Å². The number of aryl methyl sites for hydroxylation is 1. The molecule has 0 spiro atoms. The second-order valence-corrected chi connectivity index (χ2v) is 5.67. The Kier molecular flexibility index (Phi) is 4.11. The molecule has 0 aromatic carbocycles. The van der Waals surface area contributed by atoms with Gasteiger partial charge in [0.15, 0.2) is 0 Å². The third kappa shape index (κ3) is 2.96. The van der Waals surface area contributed by atoms with Gasteiger partial charge in [0.05, 0.1) is 5.41 Å². The average molecular weight is 293 g/mol. The Labute approximate surface area is 122 Å². The van der Waals surface area contributed by atoms with Crippen molar-refractivity contribution in [2.75, 3.05) is 0 Å². The lowest BCUT2D eigenvalue weighted by molar-refractivity contribution is -0.151. The largest absolute Gasteiger partial charge is 0.481 e. The molecule has 2 unspecified atom stereocenters. The fourth-order valence-electron chi connectivity index (χ4n) is 2.68. The van der Waals surface area contributed by atoms with Gasteiger partial charge in [-0.25, -0.2) is 4.68 Å². The van der Waals surface area contributed by atoms with Crippen molar-refractivity contribution in [3.63, 3.8) is 0 Å². The molecule has 1 aromatic heterocycles. The Morgan fingerprint density at radius 1 is 1.43 bits per heavy atom. The van der Waals surface area contributed by atoms with Crippen molar-refractivity contribution in [3.05, 3.63) is 28.2 Å². The van der Waals surface area contributed by atoms with Crippen LogP contribution in [0.5, 0.6) is 0 Å². The van der Waals surface area contributed by atoms with Crippen molar-refractivity contribution in [3.8, 4) is 0 Å². The lowest BCUT2D eigenvalue weighted by Gasteiger charge is -2.38. The smallest absolute Gasteiger partial charge is 0.311 e. The van der Waals surface area contributed by atoms with E-state index in [4.69, 9.17) is 0 Å². The molecule has 1 aliphatic rings. The molecule has 114 valence electrons. The summed E-state index contributed by atoms with van der Waals surface area (Å²) >= 11 is 0. The number of carbonyl (C=O) groups excluding carboxylic acids is 1. The Balaban J connectivity index is 2.19. The first-order chi connectivity index (χ1) is 9.84. The predicted octanol–water partition coefficient (Wildman–Crippen LogP) is 0.544. The Bertz CT molecular complexity index is 625. The number of aromatic nitrogens is 2. The first-order valence-corrected chi connectivity index (χ1v) is 6.93. The summed E-state index contributed by atoms with van der Waals surface area (Å²) < 4.78 is 1.08. The number of carboxylic acid groups (broad SMARTS) is 1. The molecule has 2 atom stereocenters. The highest BCUT2D eigenvalue weighted by atomic mass is 16.4. The van der Waals surface area contributed by atoms with E-state index < -0.39 is 23.3 Å². The van der Waals surface area contributed by atoms with Gasteiger partial charge >= 0.3 is 5.97 Å². The number of aliphatic carboxylic acids is 1. The van der Waals surface area contributed by atoms with Gasteiger partial charge in [-0.05, 0) is 25.8 Å². The summed E-state index contributed by atoms with van der Waals surface area (Å²) in [5.74, 6) is -1.36. The number of hydrogen-bond donors (Lipinski definition) is 2. The van der Waals surface area contributed by atoms with Crippen LogP contribution >= 0.6 is 0 Å². The maximum atomic E-state index is 12.2. The van der Waals surface area contributed by atoms with Crippen LogP contribution in [-0.4, -0.2) is 32.8 Å². The number of amides is 1. The van der Waals surface area contributed by atoms with Crippen molar-refractivity contribution < 1.29 is 14.7 Å². The lowest BCUT2D eigenvalue weighted by atomic mass is 9.71. The number of nitrogens with zero attached hydrogens (tertiary/aromatic N) is 2. The van der Waals surface area contributed by atoms with Gasteiger partial charge in [-0.3, -0.25) is 14.4 Å². The topological polar surface area (TPSA) is 101 Å². The van der Waals surface area contributed by atoms with Crippen LogP contribution in [0.15, 0.2) is 16.9 Å². The SMILES string of the molecule is Cn1nc(C(=O)NC2CCCCC2(C)C(=O)O)ccc1=O. The molecule has 2 N–H and O–H groups in total. The molecule has 1 amide bonds. The molecule has 1 fully saturated rings. The summed E-state index contributed by atoms with van der Waals surface area (Å²) in [6.45, 7) is 1.66. The minimum absolute atomic E-state index is 0.107. The predicted molar refractivity (Wildman–Crippen MR) is 74.9 cm³/mol. The first kappa shape index (κ1) is 15.2. The monoisotopic (exact) mass is 293 g/mol. The third-order valence-electron chi connectivity index (χ3n) is 4.19. The van der Waals surface area contributed by atoms with Gasteiger partial charge in [0.25, 0.3) is 11.5 Å². The van der Waals surface area contributed by atoms with Crippen LogP contribution in [0.1, 0.15) is 43.1 Å². The second-order valence-electron chi connectivity index (χ2n) is 5.67. The zero-order valence-corrected chi connectivity index (χ0v) is 12.1. The van der Waals surface area contributed by atoms with Crippen LogP contribution < -0.4 is 10.9 Å². The highest BCUT2D eigenvalue weighted by Crippen LogP contribution is 2.36. The Hall–Kier alpha value is -2.18. The molecule has 21 heavy (non-hydrogen) atoms. The Morgan fingerprint density at radius 2 is 2.14 bits per heavy atom. The van der Waals surface area contributed by atoms with E-state index in [0.29, 0.717) is 12.8 Å². The van der Waals surface area contributed by atoms with Crippen LogP contribution in [0, 0.1) is 5.41 Å². The second kappa shape index (κ2) is 5.67. The van der Waals surface area contributed by atoms with Crippen molar-refractivity contribution in [1.29, 1.82) is 0 Å². The summed E-state index contributed by atoms with van der Waals surface area (Å²) in [7, 11) is 1.46. The molecule has 0 bridgehead atoms. The van der Waals surface area contributed by atoms with E-state index in [-0.39, 0.29) is 11.3 Å². The minimum Gasteiger partial charge on any atom is -0.481 e. The molecule has 1 aliphatic carbocycles. The zero-order valence-electron chi connectivity index (χ0n) is 12.1. The molecule has 7 nitrogen and oxygen atoms in total. The van der Waals surface area contributed by atoms with E-state index in [1.807, 2.05) is 0 Å². The van der Waals surface area contributed by atoms with Gasteiger partial charge in [-0.1, -0.05) is 12.8 Å². The number of rotatable bonds is 3. The van der Waals surface area contributed by atoms with Crippen molar-refractivity contribution in [2.24, 2.45) is 12.5 Å². The van der Waals surface area contributed by atoms with Gasteiger partial charge in [0.2, 0.25) is 0 Å². The standard InChI is InChI=1S/C14H19N3O4/c1-14(13(20)21)8-4-3-5-10(14)15-12(19)9-6-7-11(18)17(2)16-9/h6-7,10H,3-5,8H2,1-2H3,(H,15,19)(H,20,21). The first-order valence-electron chi connectivity index (χ1n) is 6.93. The van der Waals surface area contributed by atoms with Crippen LogP contribution in [0.3, 0.4) is 0 Å². The molecule has 2 rings (SSSR count). The molecular weight excluding hydrogens is 274 g/mol. The average Bonchev–Trinajstić information content (AvgIpc) is 2.44. The van der Waals surface area contributed by atoms with Crippen molar-refractivity contribution in [2.45, 2.75) is 38.6 Å².